The molecule has 0 aromatic carbocycles. The maximum atomic E-state index is 4.33. The maximum Gasteiger partial charge on any atom is 0.137 e. The van der Waals surface area contributed by atoms with Gasteiger partial charge in [-0.25, -0.2) is 4.98 Å². The molecule has 0 bridgehead atoms. The van der Waals surface area contributed by atoms with Crippen molar-refractivity contribution in [2.45, 2.75) is 45.6 Å². The molecule has 3 nitrogen and oxygen atoms in total. The molecular formula is C16H23N3. The number of nitrogens with zero attached hydrogens (tertiary/aromatic N) is 1. The van der Waals surface area contributed by atoms with Crippen LogP contribution in [0.1, 0.15) is 44.6 Å². The second kappa shape index (κ2) is 5.33. The second-order valence-corrected chi connectivity index (χ2v) is 5.88. The van der Waals surface area contributed by atoms with E-state index in [9.17, 15) is 0 Å². The Morgan fingerprint density at radius 1 is 1.37 bits per heavy atom. The third-order valence-electron chi connectivity index (χ3n) is 4.77. The minimum Gasteiger partial charge on any atom is -0.346 e. The van der Waals surface area contributed by atoms with Gasteiger partial charge in [0.2, 0.25) is 0 Å². The average molecular weight is 257 g/mol. The Labute approximate surface area is 114 Å². The molecule has 2 aromatic rings. The van der Waals surface area contributed by atoms with Gasteiger partial charge in [0, 0.05) is 30.9 Å². The Morgan fingerprint density at radius 2 is 2.21 bits per heavy atom. The van der Waals surface area contributed by atoms with Crippen molar-refractivity contribution in [2.24, 2.45) is 5.41 Å². The number of rotatable bonds is 5. The Hall–Kier alpha value is -1.35. The Morgan fingerprint density at radius 3 is 3.00 bits per heavy atom. The fourth-order valence-electron chi connectivity index (χ4n) is 3.40. The van der Waals surface area contributed by atoms with Gasteiger partial charge in [-0.2, -0.15) is 0 Å². The molecule has 1 aliphatic rings. The first-order valence-electron chi connectivity index (χ1n) is 7.45. The molecule has 0 unspecified atom stereocenters. The van der Waals surface area contributed by atoms with Gasteiger partial charge in [-0.3, -0.25) is 0 Å². The molecule has 0 spiro atoms. The molecule has 19 heavy (non-hydrogen) atoms. The predicted molar refractivity (Wildman–Crippen MR) is 79.0 cm³/mol. The molecule has 1 saturated carbocycles. The lowest BCUT2D eigenvalue weighted by Gasteiger charge is -2.27. The second-order valence-electron chi connectivity index (χ2n) is 5.88. The molecule has 0 aliphatic heterocycles. The Balaban J connectivity index is 1.63. The minimum absolute atomic E-state index is 0.560. The number of hydrogen-bond donors (Lipinski definition) is 2. The summed E-state index contributed by atoms with van der Waals surface area (Å²) in [5.74, 6) is 0. The molecule has 0 radical (unpaired) electrons. The number of aromatic amines is 1. The first-order valence-corrected chi connectivity index (χ1v) is 7.45. The van der Waals surface area contributed by atoms with Gasteiger partial charge in [-0.15, -0.1) is 0 Å². The van der Waals surface area contributed by atoms with E-state index in [-0.39, 0.29) is 0 Å². The summed E-state index contributed by atoms with van der Waals surface area (Å²) in [6, 6.07) is 4.14. The van der Waals surface area contributed by atoms with E-state index < -0.39 is 0 Å². The number of fused-ring (bicyclic) bond motifs is 1. The van der Waals surface area contributed by atoms with Gasteiger partial charge in [0.1, 0.15) is 5.65 Å². The molecule has 102 valence electrons. The minimum atomic E-state index is 0.560. The molecule has 0 atom stereocenters. The highest BCUT2D eigenvalue weighted by Gasteiger charge is 2.31. The Kier molecular flexibility index (Phi) is 3.56. The zero-order valence-corrected chi connectivity index (χ0v) is 11.7. The van der Waals surface area contributed by atoms with Gasteiger partial charge < -0.3 is 10.3 Å². The lowest BCUT2D eigenvalue weighted by Crippen LogP contribution is -2.31. The monoisotopic (exact) mass is 257 g/mol. The molecule has 0 saturated heterocycles. The lowest BCUT2D eigenvalue weighted by molar-refractivity contribution is 0.268. The number of hydrogen-bond acceptors (Lipinski definition) is 2. The van der Waals surface area contributed by atoms with Crippen molar-refractivity contribution >= 4 is 11.0 Å². The van der Waals surface area contributed by atoms with Crippen molar-refractivity contribution < 1.29 is 0 Å². The van der Waals surface area contributed by atoms with Crippen molar-refractivity contribution in [1.82, 2.24) is 15.3 Å². The summed E-state index contributed by atoms with van der Waals surface area (Å²) in [4.78, 5) is 7.57. The molecule has 1 fully saturated rings. The topological polar surface area (TPSA) is 40.7 Å². The normalized spacial score (nSPS) is 18.2. The van der Waals surface area contributed by atoms with Gasteiger partial charge in [-0.05, 0) is 42.4 Å². The van der Waals surface area contributed by atoms with Gasteiger partial charge >= 0.3 is 0 Å². The highest BCUT2D eigenvalue weighted by atomic mass is 14.9. The highest BCUT2D eigenvalue weighted by Crippen LogP contribution is 2.40. The van der Waals surface area contributed by atoms with Crippen molar-refractivity contribution in [2.75, 3.05) is 6.54 Å². The number of pyridine rings is 1. The van der Waals surface area contributed by atoms with E-state index in [0.29, 0.717) is 5.41 Å². The first-order chi connectivity index (χ1) is 9.33. The van der Waals surface area contributed by atoms with E-state index in [1.165, 1.54) is 43.1 Å². The van der Waals surface area contributed by atoms with Crippen molar-refractivity contribution in [1.29, 1.82) is 0 Å². The van der Waals surface area contributed by atoms with Crippen molar-refractivity contribution in [3.63, 3.8) is 0 Å². The van der Waals surface area contributed by atoms with Crippen LogP contribution in [0.4, 0.5) is 0 Å². The van der Waals surface area contributed by atoms with Crippen LogP contribution in [0.3, 0.4) is 0 Å². The van der Waals surface area contributed by atoms with E-state index in [1.807, 2.05) is 12.3 Å². The molecule has 3 heteroatoms. The summed E-state index contributed by atoms with van der Waals surface area (Å²) in [7, 11) is 0. The van der Waals surface area contributed by atoms with E-state index >= 15 is 0 Å². The largest absolute Gasteiger partial charge is 0.346 e. The summed E-state index contributed by atoms with van der Waals surface area (Å²) in [5.41, 5.74) is 2.88. The summed E-state index contributed by atoms with van der Waals surface area (Å²) in [6.07, 6.45) is 10.8. The van der Waals surface area contributed by atoms with Crippen LogP contribution in [-0.2, 0) is 6.54 Å². The van der Waals surface area contributed by atoms with E-state index in [1.54, 1.807) is 0 Å². The van der Waals surface area contributed by atoms with Gasteiger partial charge in [0.15, 0.2) is 0 Å². The van der Waals surface area contributed by atoms with Crippen LogP contribution in [0.15, 0.2) is 24.5 Å². The molecular weight excluding hydrogens is 234 g/mol. The maximum absolute atomic E-state index is 4.33. The van der Waals surface area contributed by atoms with Crippen LogP contribution in [0.5, 0.6) is 0 Å². The highest BCUT2D eigenvalue weighted by molar-refractivity contribution is 5.79. The van der Waals surface area contributed by atoms with Gasteiger partial charge in [-0.1, -0.05) is 19.8 Å². The fraction of sp³-hybridized carbons (Fsp3) is 0.562. The summed E-state index contributed by atoms with van der Waals surface area (Å²) in [5, 5.41) is 4.91. The molecule has 3 rings (SSSR count). The van der Waals surface area contributed by atoms with E-state index in [0.717, 1.165) is 18.7 Å². The first kappa shape index (κ1) is 12.7. The third-order valence-corrected chi connectivity index (χ3v) is 4.77. The van der Waals surface area contributed by atoms with Crippen LogP contribution in [0.2, 0.25) is 0 Å². The Bertz CT molecular complexity index is 538. The van der Waals surface area contributed by atoms with Crippen LogP contribution in [0, 0.1) is 5.41 Å². The quantitative estimate of drug-likeness (QED) is 0.859. The summed E-state index contributed by atoms with van der Waals surface area (Å²) in [6.45, 7) is 4.42. The zero-order chi connectivity index (χ0) is 13.1. The van der Waals surface area contributed by atoms with E-state index in [4.69, 9.17) is 0 Å². The van der Waals surface area contributed by atoms with Crippen molar-refractivity contribution in [3.05, 3.63) is 30.1 Å². The molecule has 0 amide bonds. The standard InChI is InChI=1S/C16H23N3/c1-2-16(7-3-4-8-16)12-17-10-13-11-19-15-14(13)6-5-9-18-15/h5-6,9,11,17H,2-4,7-8,10,12H2,1H3,(H,18,19). The van der Waals surface area contributed by atoms with Crippen LogP contribution >= 0.6 is 0 Å². The fourth-order valence-corrected chi connectivity index (χ4v) is 3.40. The lowest BCUT2D eigenvalue weighted by atomic mass is 9.83. The molecule has 2 heterocycles. The smallest absolute Gasteiger partial charge is 0.137 e. The summed E-state index contributed by atoms with van der Waals surface area (Å²) < 4.78 is 0. The van der Waals surface area contributed by atoms with Crippen LogP contribution < -0.4 is 5.32 Å². The number of aromatic nitrogens is 2. The van der Waals surface area contributed by atoms with Crippen molar-refractivity contribution in [3.8, 4) is 0 Å². The number of nitrogens with one attached hydrogen (secondary N) is 2. The van der Waals surface area contributed by atoms with Gasteiger partial charge in [0.05, 0.1) is 0 Å². The molecule has 1 aliphatic carbocycles. The zero-order valence-electron chi connectivity index (χ0n) is 11.7. The van der Waals surface area contributed by atoms with Crippen LogP contribution in [-0.4, -0.2) is 16.5 Å². The summed E-state index contributed by atoms with van der Waals surface area (Å²) >= 11 is 0. The average Bonchev–Trinajstić information content (AvgIpc) is 3.07. The van der Waals surface area contributed by atoms with Crippen LogP contribution in [0.25, 0.3) is 11.0 Å². The molecule has 2 aromatic heterocycles. The van der Waals surface area contributed by atoms with Gasteiger partial charge in [0.25, 0.3) is 0 Å². The number of H-pyrrole nitrogens is 1. The SMILES string of the molecule is CCC1(CNCc2c[nH]c3ncccc23)CCCC1. The predicted octanol–water partition coefficient (Wildman–Crippen LogP) is 3.62. The molecule has 2 N–H and O–H groups in total. The van der Waals surface area contributed by atoms with E-state index in [2.05, 4.69) is 34.5 Å². The third kappa shape index (κ3) is 2.52.